The molecule has 1 aromatic carbocycles. The summed E-state index contributed by atoms with van der Waals surface area (Å²) in [6.07, 6.45) is 0.895. The van der Waals surface area contributed by atoms with Crippen LogP contribution in [0.2, 0.25) is 0 Å². The molecule has 144 valence electrons. The molecule has 1 aliphatic heterocycles. The second-order valence-corrected chi connectivity index (χ2v) is 7.23. The minimum atomic E-state index is -0.126. The van der Waals surface area contributed by atoms with Crippen LogP contribution in [0.25, 0.3) is 0 Å². The molecular weight excluding hydrogens is 338 g/mol. The van der Waals surface area contributed by atoms with E-state index in [4.69, 9.17) is 0 Å². The summed E-state index contributed by atoms with van der Waals surface area (Å²) in [4.78, 5) is 26.1. The molecule has 0 radical (unpaired) electrons. The fraction of sp³-hybridized carbons (Fsp3) is 0.476. The molecule has 1 unspecified atom stereocenters. The third kappa shape index (κ3) is 5.26. The number of hydrogen-bond donors (Lipinski definition) is 1. The average Bonchev–Trinajstić information content (AvgIpc) is 2.68. The van der Waals surface area contributed by atoms with Crippen LogP contribution in [0, 0.1) is 6.92 Å². The summed E-state index contributed by atoms with van der Waals surface area (Å²) < 4.78 is 0. The van der Waals surface area contributed by atoms with Gasteiger partial charge in [0.25, 0.3) is 5.91 Å². The highest BCUT2D eigenvalue weighted by atomic mass is 16.1. The molecule has 1 atom stereocenters. The molecule has 6 heteroatoms. The predicted molar refractivity (Wildman–Crippen MR) is 108 cm³/mol. The number of benzene rings is 1. The Kier molecular flexibility index (Phi) is 6.40. The molecule has 1 fully saturated rings. The number of nitrogens with one attached hydrogen (secondary N) is 1. The van der Waals surface area contributed by atoms with Crippen LogP contribution in [-0.2, 0) is 6.54 Å². The van der Waals surface area contributed by atoms with Crippen LogP contribution >= 0.6 is 0 Å². The molecule has 0 bridgehead atoms. The highest BCUT2D eigenvalue weighted by Gasteiger charge is 2.21. The van der Waals surface area contributed by atoms with Crippen molar-refractivity contribution in [1.82, 2.24) is 20.2 Å². The Labute approximate surface area is 161 Å². The summed E-state index contributed by atoms with van der Waals surface area (Å²) >= 11 is 0. The highest BCUT2D eigenvalue weighted by molar-refractivity contribution is 5.92. The smallest absolute Gasteiger partial charge is 0.270 e. The Morgan fingerprint density at radius 2 is 1.85 bits per heavy atom. The minimum Gasteiger partial charge on any atom is -0.348 e. The van der Waals surface area contributed by atoms with Gasteiger partial charge in [0.15, 0.2) is 0 Å². The SMILES string of the molecule is CCC(C)NC(=O)c1cc(C)nc(N2CCN(Cc3ccccc3)CC2)n1. The average molecular weight is 367 g/mol. The molecule has 1 N–H and O–H groups in total. The van der Waals surface area contributed by atoms with Crippen LogP contribution in [0.4, 0.5) is 5.95 Å². The lowest BCUT2D eigenvalue weighted by Crippen LogP contribution is -2.46. The van der Waals surface area contributed by atoms with Gasteiger partial charge < -0.3 is 10.2 Å². The summed E-state index contributed by atoms with van der Waals surface area (Å²) in [5, 5.41) is 2.98. The van der Waals surface area contributed by atoms with Gasteiger partial charge in [-0.3, -0.25) is 9.69 Å². The maximum Gasteiger partial charge on any atom is 0.270 e. The largest absolute Gasteiger partial charge is 0.348 e. The van der Waals surface area contributed by atoms with Crippen LogP contribution in [0.3, 0.4) is 0 Å². The first-order valence-electron chi connectivity index (χ1n) is 9.73. The summed E-state index contributed by atoms with van der Waals surface area (Å²) in [7, 11) is 0. The van der Waals surface area contributed by atoms with Crippen LogP contribution < -0.4 is 10.2 Å². The number of rotatable bonds is 6. The van der Waals surface area contributed by atoms with E-state index >= 15 is 0 Å². The number of aryl methyl sites for hydroxylation is 1. The van der Waals surface area contributed by atoms with E-state index in [-0.39, 0.29) is 11.9 Å². The quantitative estimate of drug-likeness (QED) is 0.850. The van der Waals surface area contributed by atoms with Crippen molar-refractivity contribution in [2.75, 3.05) is 31.1 Å². The first-order chi connectivity index (χ1) is 13.0. The molecule has 2 aromatic rings. The van der Waals surface area contributed by atoms with E-state index in [9.17, 15) is 4.79 Å². The zero-order valence-electron chi connectivity index (χ0n) is 16.5. The summed E-state index contributed by atoms with van der Waals surface area (Å²) in [6, 6.07) is 12.4. The number of anilines is 1. The molecule has 27 heavy (non-hydrogen) atoms. The zero-order chi connectivity index (χ0) is 19.2. The summed E-state index contributed by atoms with van der Waals surface area (Å²) in [6.45, 7) is 10.6. The number of hydrogen-bond acceptors (Lipinski definition) is 5. The minimum absolute atomic E-state index is 0.126. The van der Waals surface area contributed by atoms with Gasteiger partial charge in [-0.15, -0.1) is 0 Å². The Bertz CT molecular complexity index is 756. The number of amides is 1. The standard InChI is InChI=1S/C21H29N5O/c1-4-16(2)22-20(27)19-14-17(3)23-21(24-19)26-12-10-25(11-13-26)15-18-8-6-5-7-9-18/h5-9,14,16H,4,10-13,15H2,1-3H3,(H,22,27). The lowest BCUT2D eigenvalue weighted by Gasteiger charge is -2.35. The van der Waals surface area contributed by atoms with E-state index in [2.05, 4.69) is 56.3 Å². The van der Waals surface area contributed by atoms with Crippen LogP contribution in [0.15, 0.2) is 36.4 Å². The van der Waals surface area contributed by atoms with Gasteiger partial charge in [0.2, 0.25) is 5.95 Å². The zero-order valence-corrected chi connectivity index (χ0v) is 16.5. The van der Waals surface area contributed by atoms with Crippen molar-refractivity contribution in [1.29, 1.82) is 0 Å². The van der Waals surface area contributed by atoms with Gasteiger partial charge in [0.1, 0.15) is 5.69 Å². The number of carbonyl (C=O) groups excluding carboxylic acids is 1. The fourth-order valence-electron chi connectivity index (χ4n) is 3.16. The van der Waals surface area contributed by atoms with Gasteiger partial charge in [-0.05, 0) is 31.9 Å². The molecule has 2 heterocycles. The Morgan fingerprint density at radius 1 is 1.15 bits per heavy atom. The topological polar surface area (TPSA) is 61.4 Å². The van der Waals surface area contributed by atoms with Gasteiger partial charge in [-0.1, -0.05) is 37.3 Å². The number of nitrogens with zero attached hydrogens (tertiary/aromatic N) is 4. The van der Waals surface area contributed by atoms with Gasteiger partial charge in [0, 0.05) is 44.5 Å². The maximum atomic E-state index is 12.4. The van der Waals surface area contributed by atoms with Gasteiger partial charge in [0.05, 0.1) is 0 Å². The van der Waals surface area contributed by atoms with Gasteiger partial charge in [-0.25, -0.2) is 9.97 Å². The second kappa shape index (κ2) is 8.95. The van der Waals surface area contributed by atoms with E-state index in [1.807, 2.05) is 19.9 Å². The van der Waals surface area contributed by atoms with E-state index in [1.54, 1.807) is 6.07 Å². The Balaban J connectivity index is 1.63. The maximum absolute atomic E-state index is 12.4. The van der Waals surface area contributed by atoms with Crippen LogP contribution in [0.1, 0.15) is 42.0 Å². The third-order valence-electron chi connectivity index (χ3n) is 4.97. The molecule has 0 spiro atoms. The number of aromatic nitrogens is 2. The van der Waals surface area contributed by atoms with Crippen molar-refractivity contribution in [3.63, 3.8) is 0 Å². The van der Waals surface area contributed by atoms with Gasteiger partial charge >= 0.3 is 0 Å². The monoisotopic (exact) mass is 367 g/mol. The molecule has 0 aliphatic carbocycles. The van der Waals surface area contributed by atoms with Crippen molar-refractivity contribution in [2.45, 2.75) is 39.8 Å². The predicted octanol–water partition coefficient (Wildman–Crippen LogP) is 2.64. The molecule has 1 aliphatic rings. The highest BCUT2D eigenvalue weighted by Crippen LogP contribution is 2.15. The number of carbonyl (C=O) groups is 1. The van der Waals surface area contributed by atoms with Crippen LogP contribution in [0.5, 0.6) is 0 Å². The molecule has 0 saturated carbocycles. The van der Waals surface area contributed by atoms with Gasteiger partial charge in [-0.2, -0.15) is 0 Å². The lowest BCUT2D eigenvalue weighted by molar-refractivity contribution is 0.0934. The third-order valence-corrected chi connectivity index (χ3v) is 4.97. The molecule has 6 nitrogen and oxygen atoms in total. The van der Waals surface area contributed by atoms with E-state index in [0.29, 0.717) is 11.6 Å². The second-order valence-electron chi connectivity index (χ2n) is 7.23. The van der Waals surface area contributed by atoms with E-state index < -0.39 is 0 Å². The molecular formula is C21H29N5O. The van der Waals surface area contributed by atoms with E-state index in [1.165, 1.54) is 5.56 Å². The van der Waals surface area contributed by atoms with Crippen molar-refractivity contribution in [3.8, 4) is 0 Å². The van der Waals surface area contributed by atoms with Crippen LogP contribution in [-0.4, -0.2) is 53.0 Å². The molecule has 1 saturated heterocycles. The molecule has 1 aromatic heterocycles. The van der Waals surface area contributed by atoms with Crippen molar-refractivity contribution in [2.24, 2.45) is 0 Å². The first kappa shape index (κ1) is 19.3. The summed E-state index contributed by atoms with van der Waals surface area (Å²) in [5.41, 5.74) is 2.60. The molecule has 1 amide bonds. The fourth-order valence-corrected chi connectivity index (χ4v) is 3.16. The van der Waals surface area contributed by atoms with Crippen molar-refractivity contribution in [3.05, 3.63) is 53.3 Å². The normalized spacial score (nSPS) is 16.2. The Hall–Kier alpha value is -2.47. The van der Waals surface area contributed by atoms with Crippen molar-refractivity contribution >= 4 is 11.9 Å². The molecule has 3 rings (SSSR count). The number of piperazine rings is 1. The summed E-state index contributed by atoms with van der Waals surface area (Å²) in [5.74, 6) is 0.530. The Morgan fingerprint density at radius 3 is 2.52 bits per heavy atom. The lowest BCUT2D eigenvalue weighted by atomic mass is 10.2. The van der Waals surface area contributed by atoms with Crippen molar-refractivity contribution < 1.29 is 4.79 Å². The van der Waals surface area contributed by atoms with E-state index in [0.717, 1.165) is 44.8 Å². The first-order valence-corrected chi connectivity index (χ1v) is 9.73.